The van der Waals surface area contributed by atoms with Gasteiger partial charge in [0.2, 0.25) is 0 Å². The van der Waals surface area contributed by atoms with Gasteiger partial charge in [0, 0.05) is 31.7 Å². The molecule has 3 aromatic heterocycles. The number of nitrogens with one attached hydrogen (secondary N) is 2. The Labute approximate surface area is 183 Å². The molecule has 2 N–H and O–H groups in total. The van der Waals surface area contributed by atoms with Crippen LogP contribution in [0, 0.1) is 6.92 Å². The Kier molecular flexibility index (Phi) is 6.99. The first-order valence-corrected chi connectivity index (χ1v) is 11.0. The fourth-order valence-electron chi connectivity index (χ4n) is 3.92. The lowest BCUT2D eigenvalue weighted by molar-refractivity contribution is 0.215. The van der Waals surface area contributed by atoms with E-state index in [1.807, 2.05) is 36.0 Å². The largest absolute Gasteiger partial charge is 0.468 e. The van der Waals surface area contributed by atoms with Crippen LogP contribution in [-0.2, 0) is 6.54 Å². The standard InChI is InChI=1S/C23H31N7O/c1-3-24-23(28-17-20(21-7-6-14-31-21)29-11-4-5-12-29)27-16-19-8-9-22(26-15-19)30-13-10-25-18(30)2/h6-10,13-15,20H,3-5,11-12,16-17H2,1-2H3,(H2,24,27,28). The summed E-state index contributed by atoms with van der Waals surface area (Å²) in [5.41, 5.74) is 1.06. The monoisotopic (exact) mass is 421 g/mol. The van der Waals surface area contributed by atoms with Crippen LogP contribution in [-0.4, -0.2) is 51.6 Å². The zero-order valence-electron chi connectivity index (χ0n) is 18.3. The van der Waals surface area contributed by atoms with Crippen molar-refractivity contribution in [3.8, 4) is 5.82 Å². The van der Waals surface area contributed by atoms with Crippen molar-refractivity contribution in [1.82, 2.24) is 30.1 Å². The number of guanidine groups is 1. The molecular weight excluding hydrogens is 390 g/mol. The minimum Gasteiger partial charge on any atom is -0.468 e. The van der Waals surface area contributed by atoms with E-state index in [9.17, 15) is 0 Å². The van der Waals surface area contributed by atoms with Crippen molar-refractivity contribution in [1.29, 1.82) is 0 Å². The smallest absolute Gasteiger partial charge is 0.191 e. The second kappa shape index (κ2) is 10.3. The van der Waals surface area contributed by atoms with Gasteiger partial charge in [-0.1, -0.05) is 6.07 Å². The molecule has 1 fully saturated rings. The third kappa shape index (κ3) is 5.32. The lowest BCUT2D eigenvalue weighted by Crippen LogP contribution is -2.42. The van der Waals surface area contributed by atoms with Gasteiger partial charge in [-0.15, -0.1) is 0 Å². The van der Waals surface area contributed by atoms with Gasteiger partial charge in [0.15, 0.2) is 5.96 Å². The highest BCUT2D eigenvalue weighted by Crippen LogP contribution is 2.24. The van der Waals surface area contributed by atoms with Crippen molar-refractivity contribution in [3.63, 3.8) is 0 Å². The Hall–Kier alpha value is -3.13. The number of aryl methyl sites for hydroxylation is 1. The Morgan fingerprint density at radius 1 is 1.19 bits per heavy atom. The van der Waals surface area contributed by atoms with E-state index >= 15 is 0 Å². The lowest BCUT2D eigenvalue weighted by Gasteiger charge is -2.26. The average molecular weight is 422 g/mol. The van der Waals surface area contributed by atoms with Gasteiger partial charge in [-0.2, -0.15) is 0 Å². The van der Waals surface area contributed by atoms with Gasteiger partial charge in [0.05, 0.1) is 18.8 Å². The fourth-order valence-corrected chi connectivity index (χ4v) is 3.92. The molecular formula is C23H31N7O. The number of aliphatic imine (C=N–C) groups is 1. The van der Waals surface area contributed by atoms with E-state index in [4.69, 9.17) is 9.41 Å². The molecule has 31 heavy (non-hydrogen) atoms. The normalized spacial score (nSPS) is 15.9. The molecule has 4 heterocycles. The van der Waals surface area contributed by atoms with Crippen LogP contribution in [0.2, 0.25) is 0 Å². The first kappa shape index (κ1) is 21.1. The molecule has 3 aromatic rings. The summed E-state index contributed by atoms with van der Waals surface area (Å²) in [6.45, 7) is 8.36. The Morgan fingerprint density at radius 3 is 2.71 bits per heavy atom. The summed E-state index contributed by atoms with van der Waals surface area (Å²) in [4.78, 5) is 16.1. The van der Waals surface area contributed by atoms with Gasteiger partial charge in [-0.3, -0.25) is 9.47 Å². The number of aromatic nitrogens is 3. The molecule has 4 rings (SSSR count). The highest BCUT2D eigenvalue weighted by atomic mass is 16.3. The summed E-state index contributed by atoms with van der Waals surface area (Å²) in [7, 11) is 0. The molecule has 0 saturated carbocycles. The number of hydrogen-bond donors (Lipinski definition) is 2. The molecule has 164 valence electrons. The molecule has 0 amide bonds. The van der Waals surface area contributed by atoms with Crippen LogP contribution in [0.4, 0.5) is 0 Å². The summed E-state index contributed by atoms with van der Waals surface area (Å²) < 4.78 is 7.69. The highest BCUT2D eigenvalue weighted by Gasteiger charge is 2.25. The first-order chi connectivity index (χ1) is 15.2. The molecule has 0 aromatic carbocycles. The molecule has 0 aliphatic carbocycles. The molecule has 1 saturated heterocycles. The van der Waals surface area contributed by atoms with Crippen LogP contribution in [0.5, 0.6) is 0 Å². The topological polar surface area (TPSA) is 83.5 Å². The SMILES string of the molecule is CCNC(=NCc1ccc(-n2ccnc2C)nc1)NCC(c1ccco1)N1CCCC1. The highest BCUT2D eigenvalue weighted by molar-refractivity contribution is 5.79. The minimum absolute atomic E-state index is 0.209. The van der Waals surface area contributed by atoms with Crippen molar-refractivity contribution in [2.45, 2.75) is 39.3 Å². The summed E-state index contributed by atoms with van der Waals surface area (Å²) in [6.07, 6.45) is 9.80. The maximum absolute atomic E-state index is 5.72. The molecule has 1 aliphatic heterocycles. The maximum atomic E-state index is 5.72. The number of hydrogen-bond acceptors (Lipinski definition) is 5. The summed E-state index contributed by atoms with van der Waals surface area (Å²) >= 11 is 0. The first-order valence-electron chi connectivity index (χ1n) is 11.0. The Balaban J connectivity index is 1.40. The number of likely N-dealkylation sites (tertiary alicyclic amines) is 1. The van der Waals surface area contributed by atoms with Crippen LogP contribution in [0.15, 0.2) is 58.5 Å². The predicted octanol–water partition coefficient (Wildman–Crippen LogP) is 3.06. The van der Waals surface area contributed by atoms with Gasteiger partial charge in [0.25, 0.3) is 0 Å². The quantitative estimate of drug-likeness (QED) is 0.430. The van der Waals surface area contributed by atoms with E-state index in [0.29, 0.717) is 6.54 Å². The van der Waals surface area contributed by atoms with E-state index in [0.717, 1.165) is 55.1 Å². The van der Waals surface area contributed by atoms with Crippen molar-refractivity contribution in [2.75, 3.05) is 26.2 Å². The van der Waals surface area contributed by atoms with Crippen LogP contribution < -0.4 is 10.6 Å². The lowest BCUT2D eigenvalue weighted by atomic mass is 10.2. The molecule has 0 spiro atoms. The number of pyridine rings is 1. The summed E-state index contributed by atoms with van der Waals surface area (Å²) in [5, 5.41) is 6.84. The van der Waals surface area contributed by atoms with Gasteiger partial charge in [-0.25, -0.2) is 15.0 Å². The van der Waals surface area contributed by atoms with Gasteiger partial charge in [0.1, 0.15) is 17.4 Å². The molecule has 0 bridgehead atoms. The third-order valence-electron chi connectivity index (χ3n) is 5.56. The number of rotatable bonds is 8. The third-order valence-corrected chi connectivity index (χ3v) is 5.56. The zero-order valence-corrected chi connectivity index (χ0v) is 18.3. The van der Waals surface area contributed by atoms with Crippen LogP contribution in [0.25, 0.3) is 5.82 Å². The van der Waals surface area contributed by atoms with E-state index in [1.165, 1.54) is 12.8 Å². The minimum atomic E-state index is 0.209. The van der Waals surface area contributed by atoms with E-state index in [1.54, 1.807) is 12.5 Å². The van der Waals surface area contributed by atoms with Gasteiger partial charge in [-0.05, 0) is 63.5 Å². The van der Waals surface area contributed by atoms with Crippen molar-refractivity contribution >= 4 is 5.96 Å². The summed E-state index contributed by atoms with van der Waals surface area (Å²) in [6, 6.07) is 8.29. The van der Waals surface area contributed by atoms with E-state index < -0.39 is 0 Å². The molecule has 1 aliphatic rings. The average Bonchev–Trinajstić information content (AvgIpc) is 3.56. The van der Waals surface area contributed by atoms with E-state index in [2.05, 4.69) is 44.6 Å². The van der Waals surface area contributed by atoms with Crippen molar-refractivity contribution < 1.29 is 4.42 Å². The maximum Gasteiger partial charge on any atom is 0.191 e. The Bertz CT molecular complexity index is 956. The van der Waals surface area contributed by atoms with Gasteiger partial charge >= 0.3 is 0 Å². The second-order valence-corrected chi connectivity index (χ2v) is 7.72. The number of imidazole rings is 1. The van der Waals surface area contributed by atoms with E-state index in [-0.39, 0.29) is 6.04 Å². The van der Waals surface area contributed by atoms with Crippen molar-refractivity contribution in [3.05, 3.63) is 66.3 Å². The van der Waals surface area contributed by atoms with Crippen molar-refractivity contribution in [2.24, 2.45) is 4.99 Å². The molecule has 8 nitrogen and oxygen atoms in total. The van der Waals surface area contributed by atoms with Crippen LogP contribution >= 0.6 is 0 Å². The van der Waals surface area contributed by atoms with Crippen LogP contribution in [0.1, 0.15) is 43.0 Å². The zero-order chi connectivity index (χ0) is 21.5. The molecule has 8 heteroatoms. The predicted molar refractivity (Wildman–Crippen MR) is 121 cm³/mol. The van der Waals surface area contributed by atoms with Gasteiger partial charge < -0.3 is 15.1 Å². The molecule has 1 unspecified atom stereocenters. The molecule has 1 atom stereocenters. The number of furan rings is 1. The Morgan fingerprint density at radius 2 is 2.06 bits per heavy atom. The van der Waals surface area contributed by atoms with Crippen LogP contribution in [0.3, 0.4) is 0 Å². The number of nitrogens with zero attached hydrogens (tertiary/aromatic N) is 5. The molecule has 0 radical (unpaired) electrons. The second-order valence-electron chi connectivity index (χ2n) is 7.72. The summed E-state index contributed by atoms with van der Waals surface area (Å²) in [5.74, 6) is 3.58. The fraction of sp³-hybridized carbons (Fsp3) is 0.435.